The third kappa shape index (κ3) is 2.87. The zero-order chi connectivity index (χ0) is 15.5. The van der Waals surface area contributed by atoms with Crippen molar-refractivity contribution in [3.63, 3.8) is 0 Å². The molecular weight excluding hydrogens is 278 g/mol. The summed E-state index contributed by atoms with van der Waals surface area (Å²) in [7, 11) is 0. The van der Waals surface area contributed by atoms with E-state index in [0.717, 1.165) is 16.5 Å². The summed E-state index contributed by atoms with van der Waals surface area (Å²) in [4.78, 5) is 12.3. The molecule has 3 aromatic rings. The molecule has 0 saturated carbocycles. The molecule has 1 unspecified atom stereocenters. The maximum absolute atomic E-state index is 12.3. The van der Waals surface area contributed by atoms with Crippen LogP contribution in [0.1, 0.15) is 28.0 Å². The van der Waals surface area contributed by atoms with Crippen molar-refractivity contribution in [2.45, 2.75) is 13.0 Å². The zero-order valence-electron chi connectivity index (χ0n) is 12.2. The SMILES string of the molecule is Cc1ccc(C(O)CNC(=O)c2cccc3ccccc23)o1. The van der Waals surface area contributed by atoms with E-state index in [1.807, 2.05) is 43.3 Å². The van der Waals surface area contributed by atoms with Crippen LogP contribution in [0.3, 0.4) is 0 Å². The lowest BCUT2D eigenvalue weighted by Gasteiger charge is -2.11. The van der Waals surface area contributed by atoms with Crippen LogP contribution in [-0.2, 0) is 0 Å². The minimum Gasteiger partial charge on any atom is -0.464 e. The molecule has 3 rings (SSSR count). The summed E-state index contributed by atoms with van der Waals surface area (Å²) >= 11 is 0. The summed E-state index contributed by atoms with van der Waals surface area (Å²) in [5, 5.41) is 14.7. The van der Waals surface area contributed by atoms with E-state index in [9.17, 15) is 9.90 Å². The highest BCUT2D eigenvalue weighted by Gasteiger charge is 2.15. The Morgan fingerprint density at radius 1 is 1.14 bits per heavy atom. The van der Waals surface area contributed by atoms with Crippen LogP contribution in [0.4, 0.5) is 0 Å². The van der Waals surface area contributed by atoms with Crippen LogP contribution in [0.15, 0.2) is 59.0 Å². The molecule has 0 spiro atoms. The number of fused-ring (bicyclic) bond motifs is 1. The van der Waals surface area contributed by atoms with Gasteiger partial charge in [0, 0.05) is 5.56 Å². The fourth-order valence-electron chi connectivity index (χ4n) is 2.44. The van der Waals surface area contributed by atoms with Crippen LogP contribution < -0.4 is 5.32 Å². The molecule has 1 heterocycles. The van der Waals surface area contributed by atoms with Gasteiger partial charge in [-0.2, -0.15) is 0 Å². The van der Waals surface area contributed by atoms with Crippen LogP contribution in [0.2, 0.25) is 0 Å². The van der Waals surface area contributed by atoms with Gasteiger partial charge in [0.25, 0.3) is 5.91 Å². The molecule has 0 fully saturated rings. The van der Waals surface area contributed by atoms with E-state index in [2.05, 4.69) is 5.32 Å². The molecule has 4 heteroatoms. The number of furan rings is 1. The molecule has 2 N–H and O–H groups in total. The number of nitrogens with one attached hydrogen (secondary N) is 1. The van der Waals surface area contributed by atoms with Crippen molar-refractivity contribution < 1.29 is 14.3 Å². The number of hydrogen-bond donors (Lipinski definition) is 2. The summed E-state index contributed by atoms with van der Waals surface area (Å²) in [6.07, 6.45) is -0.854. The maximum Gasteiger partial charge on any atom is 0.252 e. The number of rotatable bonds is 4. The molecule has 0 aliphatic heterocycles. The number of benzene rings is 2. The van der Waals surface area contributed by atoms with Gasteiger partial charge in [0.15, 0.2) is 0 Å². The number of carbonyl (C=O) groups is 1. The highest BCUT2D eigenvalue weighted by atomic mass is 16.4. The van der Waals surface area contributed by atoms with Crippen LogP contribution in [0, 0.1) is 6.92 Å². The van der Waals surface area contributed by atoms with E-state index in [1.54, 1.807) is 18.2 Å². The van der Waals surface area contributed by atoms with E-state index in [4.69, 9.17) is 4.42 Å². The quantitative estimate of drug-likeness (QED) is 0.777. The van der Waals surface area contributed by atoms with Crippen molar-refractivity contribution in [1.82, 2.24) is 5.32 Å². The van der Waals surface area contributed by atoms with Crippen LogP contribution >= 0.6 is 0 Å². The molecule has 0 radical (unpaired) electrons. The lowest BCUT2D eigenvalue weighted by Crippen LogP contribution is -2.28. The molecule has 112 valence electrons. The largest absolute Gasteiger partial charge is 0.464 e. The smallest absolute Gasteiger partial charge is 0.252 e. The topological polar surface area (TPSA) is 62.5 Å². The average Bonchev–Trinajstić information content (AvgIpc) is 2.98. The monoisotopic (exact) mass is 295 g/mol. The first-order valence-corrected chi connectivity index (χ1v) is 7.15. The summed E-state index contributed by atoms with van der Waals surface area (Å²) in [5.74, 6) is 0.976. The Morgan fingerprint density at radius 2 is 1.91 bits per heavy atom. The summed E-state index contributed by atoms with van der Waals surface area (Å²) in [6, 6.07) is 16.8. The number of amides is 1. The third-order valence-corrected chi connectivity index (χ3v) is 3.58. The number of aliphatic hydroxyl groups excluding tert-OH is 1. The Kier molecular flexibility index (Phi) is 3.94. The van der Waals surface area contributed by atoms with Crippen molar-refractivity contribution in [3.8, 4) is 0 Å². The molecule has 0 bridgehead atoms. The minimum absolute atomic E-state index is 0.106. The summed E-state index contributed by atoms with van der Waals surface area (Å²) < 4.78 is 5.35. The molecule has 2 aromatic carbocycles. The second-order valence-corrected chi connectivity index (χ2v) is 5.20. The van der Waals surface area contributed by atoms with Gasteiger partial charge >= 0.3 is 0 Å². The summed E-state index contributed by atoms with van der Waals surface area (Å²) in [6.45, 7) is 1.92. The number of aryl methyl sites for hydroxylation is 1. The molecule has 1 aromatic heterocycles. The fraction of sp³-hybridized carbons (Fsp3) is 0.167. The first-order chi connectivity index (χ1) is 10.6. The predicted molar refractivity (Wildman–Crippen MR) is 84.7 cm³/mol. The molecule has 1 atom stereocenters. The maximum atomic E-state index is 12.3. The second kappa shape index (κ2) is 6.03. The number of hydrogen-bond acceptors (Lipinski definition) is 3. The standard InChI is InChI=1S/C18H17NO3/c1-12-9-10-17(22-12)16(20)11-19-18(21)15-8-4-6-13-5-2-3-7-14(13)15/h2-10,16,20H,11H2,1H3,(H,19,21). The molecular formula is C18H17NO3. The highest BCUT2D eigenvalue weighted by molar-refractivity contribution is 6.06. The molecule has 0 aliphatic carbocycles. The van der Waals surface area contributed by atoms with Crippen molar-refractivity contribution in [3.05, 3.63) is 71.7 Å². The van der Waals surface area contributed by atoms with E-state index in [-0.39, 0.29) is 12.5 Å². The van der Waals surface area contributed by atoms with Crippen molar-refractivity contribution >= 4 is 16.7 Å². The van der Waals surface area contributed by atoms with Gasteiger partial charge in [0.2, 0.25) is 0 Å². The average molecular weight is 295 g/mol. The molecule has 0 aliphatic rings. The van der Waals surface area contributed by atoms with Crippen LogP contribution in [0.25, 0.3) is 10.8 Å². The predicted octanol–water partition coefficient (Wildman–Crippen LogP) is 3.20. The lowest BCUT2D eigenvalue weighted by molar-refractivity contribution is 0.0902. The van der Waals surface area contributed by atoms with Gasteiger partial charge in [-0.3, -0.25) is 4.79 Å². The first-order valence-electron chi connectivity index (χ1n) is 7.15. The summed E-state index contributed by atoms with van der Waals surface area (Å²) in [5.41, 5.74) is 0.598. The van der Waals surface area contributed by atoms with Crippen molar-refractivity contribution in [2.75, 3.05) is 6.54 Å². The van der Waals surface area contributed by atoms with E-state index in [1.165, 1.54) is 0 Å². The lowest BCUT2D eigenvalue weighted by atomic mass is 10.0. The van der Waals surface area contributed by atoms with Gasteiger partial charge in [0.05, 0.1) is 6.54 Å². The van der Waals surface area contributed by atoms with E-state index in [0.29, 0.717) is 11.3 Å². The second-order valence-electron chi connectivity index (χ2n) is 5.20. The molecule has 4 nitrogen and oxygen atoms in total. The van der Waals surface area contributed by atoms with E-state index < -0.39 is 6.10 Å². The van der Waals surface area contributed by atoms with Gasteiger partial charge in [-0.05, 0) is 35.9 Å². The normalized spacial score (nSPS) is 12.3. The van der Waals surface area contributed by atoms with Gasteiger partial charge in [-0.25, -0.2) is 0 Å². The van der Waals surface area contributed by atoms with E-state index >= 15 is 0 Å². The Hall–Kier alpha value is -2.59. The molecule has 22 heavy (non-hydrogen) atoms. The Labute approximate surface area is 128 Å². The molecule has 1 amide bonds. The van der Waals surface area contributed by atoms with Crippen LogP contribution in [-0.4, -0.2) is 17.6 Å². The third-order valence-electron chi connectivity index (χ3n) is 3.58. The van der Waals surface area contributed by atoms with Gasteiger partial charge in [-0.15, -0.1) is 0 Å². The Balaban J connectivity index is 1.74. The zero-order valence-corrected chi connectivity index (χ0v) is 12.2. The Morgan fingerprint density at radius 3 is 2.68 bits per heavy atom. The fourth-order valence-corrected chi connectivity index (χ4v) is 2.44. The Bertz CT molecular complexity index is 801. The van der Waals surface area contributed by atoms with Crippen molar-refractivity contribution in [2.24, 2.45) is 0 Å². The molecule has 0 saturated heterocycles. The first kappa shape index (κ1) is 14.4. The highest BCUT2D eigenvalue weighted by Crippen LogP contribution is 2.19. The van der Waals surface area contributed by atoms with Crippen molar-refractivity contribution in [1.29, 1.82) is 0 Å². The van der Waals surface area contributed by atoms with Gasteiger partial charge < -0.3 is 14.8 Å². The van der Waals surface area contributed by atoms with Crippen LogP contribution in [0.5, 0.6) is 0 Å². The van der Waals surface area contributed by atoms with Gasteiger partial charge in [0.1, 0.15) is 17.6 Å². The van der Waals surface area contributed by atoms with Gasteiger partial charge in [-0.1, -0.05) is 36.4 Å². The minimum atomic E-state index is -0.854. The number of carbonyl (C=O) groups excluding carboxylic acids is 1. The number of aliphatic hydroxyl groups is 1.